The number of nitriles is 1. The normalized spacial score (nSPS) is 30.6. The third-order valence-corrected chi connectivity index (χ3v) is 4.48. The van der Waals surface area contributed by atoms with E-state index in [1.807, 2.05) is 0 Å². The van der Waals surface area contributed by atoms with E-state index in [4.69, 9.17) is 5.26 Å². The highest BCUT2D eigenvalue weighted by atomic mass is 15.3. The largest absolute Gasteiger partial charge is 0.309 e. The lowest BCUT2D eigenvalue weighted by molar-refractivity contribution is 0.0492. The van der Waals surface area contributed by atoms with Crippen LogP contribution in [-0.2, 0) is 0 Å². The number of hydrogen-bond acceptors (Lipinski definition) is 3. The Morgan fingerprint density at radius 1 is 1.22 bits per heavy atom. The number of nitrogens with zero attached hydrogens (tertiary/aromatic N) is 2. The van der Waals surface area contributed by atoms with Gasteiger partial charge in [-0.3, -0.25) is 4.90 Å². The molecule has 1 heterocycles. The highest BCUT2D eigenvalue weighted by molar-refractivity contribution is 4.98. The molecule has 2 rings (SSSR count). The van der Waals surface area contributed by atoms with Gasteiger partial charge in [-0.2, -0.15) is 5.26 Å². The first-order valence-corrected chi connectivity index (χ1v) is 7.50. The smallest absolute Gasteiger partial charge is 0.0638 e. The van der Waals surface area contributed by atoms with E-state index in [-0.39, 0.29) is 5.54 Å². The maximum atomic E-state index is 9.02. The molecule has 1 N–H and O–H groups in total. The summed E-state index contributed by atoms with van der Waals surface area (Å²) in [6.07, 6.45) is 8.86. The van der Waals surface area contributed by atoms with Crippen molar-refractivity contribution in [3.05, 3.63) is 0 Å². The van der Waals surface area contributed by atoms with Crippen LogP contribution in [0, 0.1) is 11.3 Å². The molecule has 1 saturated carbocycles. The Bertz CT molecular complexity index is 297. The zero-order valence-electron chi connectivity index (χ0n) is 11.9. The minimum absolute atomic E-state index is 0.193. The van der Waals surface area contributed by atoms with Crippen LogP contribution in [0.25, 0.3) is 0 Å². The van der Waals surface area contributed by atoms with Gasteiger partial charge in [-0.25, -0.2) is 0 Å². The Morgan fingerprint density at radius 2 is 1.89 bits per heavy atom. The molecule has 0 aromatic heterocycles. The van der Waals surface area contributed by atoms with E-state index in [0.717, 1.165) is 13.1 Å². The van der Waals surface area contributed by atoms with Gasteiger partial charge in [-0.05, 0) is 26.7 Å². The highest BCUT2D eigenvalue weighted by Gasteiger charge is 2.36. The van der Waals surface area contributed by atoms with Crippen molar-refractivity contribution in [3.63, 3.8) is 0 Å². The molecule has 1 unspecified atom stereocenters. The van der Waals surface area contributed by atoms with Gasteiger partial charge in [0, 0.05) is 30.7 Å². The molecule has 0 aromatic carbocycles. The van der Waals surface area contributed by atoms with Gasteiger partial charge in [0.2, 0.25) is 0 Å². The number of piperazine rings is 1. The third-order valence-electron chi connectivity index (χ3n) is 4.48. The lowest BCUT2D eigenvalue weighted by Gasteiger charge is -2.47. The van der Waals surface area contributed by atoms with Crippen molar-refractivity contribution < 1.29 is 0 Å². The number of nitrogens with one attached hydrogen (secondary N) is 1. The van der Waals surface area contributed by atoms with Gasteiger partial charge in [0.15, 0.2) is 0 Å². The Labute approximate surface area is 112 Å². The van der Waals surface area contributed by atoms with Gasteiger partial charge in [0.25, 0.3) is 0 Å². The molecule has 2 aliphatic rings. The van der Waals surface area contributed by atoms with Crippen LogP contribution in [0.4, 0.5) is 0 Å². The summed E-state index contributed by atoms with van der Waals surface area (Å²) < 4.78 is 0. The first kappa shape index (κ1) is 13.8. The summed E-state index contributed by atoms with van der Waals surface area (Å²) in [6.45, 7) is 6.61. The van der Waals surface area contributed by atoms with E-state index in [2.05, 4.69) is 30.1 Å². The van der Waals surface area contributed by atoms with E-state index in [0.29, 0.717) is 18.5 Å². The molecule has 0 bridgehead atoms. The summed E-state index contributed by atoms with van der Waals surface area (Å²) in [4.78, 5) is 2.64. The second-order valence-corrected chi connectivity index (χ2v) is 6.60. The fourth-order valence-electron chi connectivity index (χ4n) is 3.46. The van der Waals surface area contributed by atoms with Crippen LogP contribution in [0.2, 0.25) is 0 Å². The minimum atomic E-state index is 0.193. The summed E-state index contributed by atoms with van der Waals surface area (Å²) in [5.74, 6) is 0. The second-order valence-electron chi connectivity index (χ2n) is 6.60. The highest BCUT2D eigenvalue weighted by Crippen LogP contribution is 2.27. The summed E-state index contributed by atoms with van der Waals surface area (Å²) >= 11 is 0. The van der Waals surface area contributed by atoms with Gasteiger partial charge in [0.05, 0.1) is 12.5 Å². The predicted molar refractivity (Wildman–Crippen MR) is 74.3 cm³/mol. The van der Waals surface area contributed by atoms with Crippen molar-refractivity contribution >= 4 is 0 Å². The molecule has 0 amide bonds. The van der Waals surface area contributed by atoms with Crippen LogP contribution in [0.5, 0.6) is 0 Å². The maximum absolute atomic E-state index is 9.02. The molecule has 1 saturated heterocycles. The van der Waals surface area contributed by atoms with Crippen LogP contribution in [0.3, 0.4) is 0 Å². The van der Waals surface area contributed by atoms with Crippen LogP contribution < -0.4 is 5.32 Å². The van der Waals surface area contributed by atoms with Crippen molar-refractivity contribution in [3.8, 4) is 6.07 Å². The number of rotatable bonds is 2. The average molecular weight is 249 g/mol. The van der Waals surface area contributed by atoms with Gasteiger partial charge in [-0.15, -0.1) is 0 Å². The van der Waals surface area contributed by atoms with Gasteiger partial charge in [0.1, 0.15) is 0 Å². The molecular weight excluding hydrogens is 222 g/mol. The second kappa shape index (κ2) is 6.04. The summed E-state index contributed by atoms with van der Waals surface area (Å²) in [6, 6.07) is 3.51. The molecule has 0 spiro atoms. The Balaban J connectivity index is 2.05. The maximum Gasteiger partial charge on any atom is 0.0638 e. The average Bonchev–Trinajstić information content (AvgIpc) is 2.60. The first-order chi connectivity index (χ1) is 8.62. The fraction of sp³-hybridized carbons (Fsp3) is 0.933. The summed E-state index contributed by atoms with van der Waals surface area (Å²) in [5, 5.41) is 12.6. The van der Waals surface area contributed by atoms with Gasteiger partial charge < -0.3 is 5.32 Å². The van der Waals surface area contributed by atoms with E-state index in [9.17, 15) is 0 Å². The molecule has 3 heteroatoms. The summed E-state index contributed by atoms with van der Waals surface area (Å²) in [5.41, 5.74) is 0.193. The molecule has 1 aliphatic heterocycles. The van der Waals surface area contributed by atoms with E-state index >= 15 is 0 Å². The van der Waals surface area contributed by atoms with Crippen molar-refractivity contribution in [2.75, 3.05) is 13.1 Å². The number of hydrogen-bond donors (Lipinski definition) is 1. The lowest BCUT2D eigenvalue weighted by Crippen LogP contribution is -2.63. The SMILES string of the molecule is CC1(C)CN(C2CCCCCC2)C(CC#N)CN1. The van der Waals surface area contributed by atoms with Gasteiger partial charge in [-0.1, -0.05) is 25.7 Å². The topological polar surface area (TPSA) is 39.1 Å². The standard InChI is InChI=1S/C15H27N3/c1-15(2)12-18(14(9-10-16)11-17-15)13-7-5-3-4-6-8-13/h13-14,17H,3-9,11-12H2,1-2H3. The predicted octanol–water partition coefficient (Wildman–Crippen LogP) is 2.68. The van der Waals surface area contributed by atoms with Crippen molar-refractivity contribution in [1.82, 2.24) is 10.2 Å². The van der Waals surface area contributed by atoms with Crippen LogP contribution >= 0.6 is 0 Å². The molecule has 0 radical (unpaired) electrons. The Kier molecular flexibility index (Phi) is 4.64. The van der Waals surface area contributed by atoms with E-state index in [1.54, 1.807) is 0 Å². The molecule has 102 valence electrons. The monoisotopic (exact) mass is 249 g/mol. The van der Waals surface area contributed by atoms with Crippen molar-refractivity contribution in [1.29, 1.82) is 5.26 Å². The minimum Gasteiger partial charge on any atom is -0.309 e. The van der Waals surface area contributed by atoms with Gasteiger partial charge >= 0.3 is 0 Å². The van der Waals surface area contributed by atoms with Crippen LogP contribution in [0.15, 0.2) is 0 Å². The fourth-order valence-corrected chi connectivity index (χ4v) is 3.46. The molecule has 2 fully saturated rings. The van der Waals surface area contributed by atoms with E-state index < -0.39 is 0 Å². The third kappa shape index (κ3) is 3.46. The summed E-state index contributed by atoms with van der Waals surface area (Å²) in [7, 11) is 0. The molecule has 3 nitrogen and oxygen atoms in total. The quantitative estimate of drug-likeness (QED) is 0.765. The van der Waals surface area contributed by atoms with Crippen LogP contribution in [-0.4, -0.2) is 35.6 Å². The molecule has 1 atom stereocenters. The molecule has 18 heavy (non-hydrogen) atoms. The van der Waals surface area contributed by atoms with Crippen molar-refractivity contribution in [2.45, 2.75) is 76.4 Å². The molecular formula is C15H27N3. The van der Waals surface area contributed by atoms with Crippen LogP contribution in [0.1, 0.15) is 58.8 Å². The van der Waals surface area contributed by atoms with Crippen molar-refractivity contribution in [2.24, 2.45) is 0 Å². The Hall–Kier alpha value is -0.590. The lowest BCUT2D eigenvalue weighted by atomic mass is 9.93. The first-order valence-electron chi connectivity index (χ1n) is 7.50. The molecule has 0 aromatic rings. The Morgan fingerprint density at radius 3 is 2.50 bits per heavy atom. The zero-order valence-corrected chi connectivity index (χ0v) is 11.9. The van der Waals surface area contributed by atoms with E-state index in [1.165, 1.54) is 38.5 Å². The molecule has 1 aliphatic carbocycles. The zero-order chi connectivity index (χ0) is 13.0.